The van der Waals surface area contributed by atoms with Crippen molar-refractivity contribution < 1.29 is 9.84 Å². The summed E-state index contributed by atoms with van der Waals surface area (Å²) in [5.41, 5.74) is 4.97. The highest BCUT2D eigenvalue weighted by Crippen LogP contribution is 2.22. The second-order valence-electron chi connectivity index (χ2n) is 8.28. The summed E-state index contributed by atoms with van der Waals surface area (Å²) in [5.74, 6) is 0.892. The quantitative estimate of drug-likeness (QED) is 0.606. The van der Waals surface area contributed by atoms with E-state index in [0.29, 0.717) is 6.04 Å². The molecule has 0 bridgehead atoms. The molecular weight excluding hydrogens is 388 g/mol. The average Bonchev–Trinajstić information content (AvgIpc) is 3.32. The highest BCUT2D eigenvalue weighted by molar-refractivity contribution is 5.39. The molecule has 1 saturated heterocycles. The SMILES string of the molecule is COc1cccc(CN2CCN(Cc3ccc(-n4cccn4)cc3C)C[C@@H]2CCO)c1. The molecule has 1 fully saturated rings. The van der Waals surface area contributed by atoms with E-state index < -0.39 is 0 Å². The first kappa shape index (κ1) is 21.6. The van der Waals surface area contributed by atoms with Crippen LogP contribution in [0.15, 0.2) is 60.9 Å². The van der Waals surface area contributed by atoms with Gasteiger partial charge in [-0.2, -0.15) is 5.10 Å². The van der Waals surface area contributed by atoms with Crippen LogP contribution in [0, 0.1) is 6.92 Å². The lowest BCUT2D eigenvalue weighted by Gasteiger charge is -2.41. The summed E-state index contributed by atoms with van der Waals surface area (Å²) in [6.07, 6.45) is 4.56. The number of rotatable bonds is 8. The predicted octanol–water partition coefficient (Wildman–Crippen LogP) is 3.26. The summed E-state index contributed by atoms with van der Waals surface area (Å²) < 4.78 is 7.27. The van der Waals surface area contributed by atoms with Gasteiger partial charge in [0.05, 0.1) is 12.8 Å². The standard InChI is InChI=1S/C25H32N4O2/c1-20-15-23(29-11-4-10-26-29)8-7-22(20)18-27-12-13-28(24(19-27)9-14-30)17-21-5-3-6-25(16-21)31-2/h3-8,10-11,15-16,24,30H,9,12-14,17-19H2,1-2H3/t24-/m0/s1. The summed E-state index contributed by atoms with van der Waals surface area (Å²) in [6, 6.07) is 17.1. The molecule has 4 rings (SSSR count). The van der Waals surface area contributed by atoms with E-state index >= 15 is 0 Å². The molecule has 1 N–H and O–H groups in total. The zero-order valence-corrected chi connectivity index (χ0v) is 18.4. The smallest absolute Gasteiger partial charge is 0.119 e. The van der Waals surface area contributed by atoms with Gasteiger partial charge in [0, 0.05) is 57.8 Å². The molecule has 31 heavy (non-hydrogen) atoms. The Kier molecular flexibility index (Phi) is 7.02. The number of ether oxygens (including phenoxy) is 1. The van der Waals surface area contributed by atoms with E-state index in [0.717, 1.165) is 50.6 Å². The number of methoxy groups -OCH3 is 1. The minimum Gasteiger partial charge on any atom is -0.497 e. The fourth-order valence-electron chi connectivity index (χ4n) is 4.40. The number of nitrogens with zero attached hydrogens (tertiary/aromatic N) is 4. The zero-order valence-electron chi connectivity index (χ0n) is 18.4. The summed E-state index contributed by atoms with van der Waals surface area (Å²) in [6.45, 7) is 7.17. The van der Waals surface area contributed by atoms with E-state index in [-0.39, 0.29) is 6.61 Å². The summed E-state index contributed by atoms with van der Waals surface area (Å²) >= 11 is 0. The summed E-state index contributed by atoms with van der Waals surface area (Å²) in [7, 11) is 1.70. The molecule has 6 nitrogen and oxygen atoms in total. The first-order valence-electron chi connectivity index (χ1n) is 11.0. The molecule has 1 atom stereocenters. The highest BCUT2D eigenvalue weighted by Gasteiger charge is 2.27. The fourth-order valence-corrected chi connectivity index (χ4v) is 4.40. The van der Waals surface area contributed by atoms with Gasteiger partial charge in [-0.3, -0.25) is 9.80 Å². The van der Waals surface area contributed by atoms with Crippen LogP contribution in [0.5, 0.6) is 5.75 Å². The van der Waals surface area contributed by atoms with E-state index in [1.807, 2.05) is 29.1 Å². The fraction of sp³-hybridized carbons (Fsp3) is 0.400. The van der Waals surface area contributed by atoms with Gasteiger partial charge in [-0.25, -0.2) is 4.68 Å². The number of hydrogen-bond donors (Lipinski definition) is 1. The molecule has 1 aliphatic heterocycles. The van der Waals surface area contributed by atoms with Crippen molar-refractivity contribution in [2.45, 2.75) is 32.5 Å². The van der Waals surface area contributed by atoms with Gasteiger partial charge in [0.2, 0.25) is 0 Å². The van der Waals surface area contributed by atoms with Crippen LogP contribution < -0.4 is 4.74 Å². The average molecular weight is 421 g/mol. The van der Waals surface area contributed by atoms with Gasteiger partial charge in [-0.05, 0) is 60.4 Å². The Morgan fingerprint density at radius 1 is 1.10 bits per heavy atom. The van der Waals surface area contributed by atoms with E-state index in [1.165, 1.54) is 16.7 Å². The molecule has 1 aromatic heterocycles. The Morgan fingerprint density at radius 2 is 2.00 bits per heavy atom. The number of hydrogen-bond acceptors (Lipinski definition) is 5. The van der Waals surface area contributed by atoms with E-state index in [4.69, 9.17) is 4.74 Å². The molecule has 0 aliphatic carbocycles. The monoisotopic (exact) mass is 420 g/mol. The van der Waals surface area contributed by atoms with Gasteiger partial charge < -0.3 is 9.84 Å². The van der Waals surface area contributed by atoms with Crippen LogP contribution in [-0.4, -0.2) is 64.1 Å². The molecule has 0 radical (unpaired) electrons. The zero-order chi connectivity index (χ0) is 21.6. The lowest BCUT2D eigenvalue weighted by molar-refractivity contribution is 0.0498. The van der Waals surface area contributed by atoms with Crippen LogP contribution in [0.3, 0.4) is 0 Å². The van der Waals surface area contributed by atoms with Gasteiger partial charge >= 0.3 is 0 Å². The lowest BCUT2D eigenvalue weighted by atomic mass is 10.0. The molecule has 2 aromatic carbocycles. The molecule has 0 unspecified atom stereocenters. The first-order chi connectivity index (χ1) is 15.2. The number of aromatic nitrogens is 2. The lowest BCUT2D eigenvalue weighted by Crippen LogP contribution is -2.52. The summed E-state index contributed by atoms with van der Waals surface area (Å²) in [4.78, 5) is 5.01. The second kappa shape index (κ2) is 10.1. The van der Waals surface area contributed by atoms with Crippen LogP contribution in [0.4, 0.5) is 0 Å². The van der Waals surface area contributed by atoms with Crippen molar-refractivity contribution in [3.8, 4) is 11.4 Å². The number of benzene rings is 2. The van der Waals surface area contributed by atoms with Crippen molar-refractivity contribution in [1.82, 2.24) is 19.6 Å². The Labute approximate surface area is 184 Å². The molecule has 164 valence electrons. The van der Waals surface area contributed by atoms with Crippen molar-refractivity contribution in [2.75, 3.05) is 33.4 Å². The Balaban J connectivity index is 1.41. The van der Waals surface area contributed by atoms with E-state index in [2.05, 4.69) is 52.2 Å². The number of aliphatic hydroxyl groups is 1. The van der Waals surface area contributed by atoms with Crippen molar-refractivity contribution in [3.63, 3.8) is 0 Å². The van der Waals surface area contributed by atoms with Gasteiger partial charge in [0.1, 0.15) is 5.75 Å². The summed E-state index contributed by atoms with van der Waals surface area (Å²) in [5, 5.41) is 14.0. The Hall–Kier alpha value is -2.67. The van der Waals surface area contributed by atoms with Crippen LogP contribution in [0.25, 0.3) is 5.69 Å². The molecule has 2 heterocycles. The Morgan fingerprint density at radius 3 is 2.74 bits per heavy atom. The van der Waals surface area contributed by atoms with Crippen LogP contribution in [0.1, 0.15) is 23.1 Å². The van der Waals surface area contributed by atoms with Crippen LogP contribution in [-0.2, 0) is 13.1 Å². The van der Waals surface area contributed by atoms with Crippen LogP contribution in [0.2, 0.25) is 0 Å². The minimum absolute atomic E-state index is 0.213. The maximum Gasteiger partial charge on any atom is 0.119 e. The molecule has 3 aromatic rings. The minimum atomic E-state index is 0.213. The van der Waals surface area contributed by atoms with Crippen molar-refractivity contribution in [3.05, 3.63) is 77.6 Å². The van der Waals surface area contributed by atoms with E-state index in [1.54, 1.807) is 13.3 Å². The molecule has 1 aliphatic rings. The molecular formula is C25H32N4O2. The predicted molar refractivity (Wildman–Crippen MR) is 122 cm³/mol. The van der Waals surface area contributed by atoms with Crippen molar-refractivity contribution in [1.29, 1.82) is 0 Å². The van der Waals surface area contributed by atoms with Crippen molar-refractivity contribution in [2.24, 2.45) is 0 Å². The van der Waals surface area contributed by atoms with Crippen molar-refractivity contribution >= 4 is 0 Å². The van der Waals surface area contributed by atoms with Gasteiger partial charge in [0.25, 0.3) is 0 Å². The molecule has 0 amide bonds. The largest absolute Gasteiger partial charge is 0.497 e. The van der Waals surface area contributed by atoms with E-state index in [9.17, 15) is 5.11 Å². The number of aliphatic hydroxyl groups excluding tert-OH is 1. The van der Waals surface area contributed by atoms with Crippen LogP contribution >= 0.6 is 0 Å². The van der Waals surface area contributed by atoms with Gasteiger partial charge in [-0.1, -0.05) is 18.2 Å². The molecule has 0 saturated carbocycles. The Bertz CT molecular complexity index is 973. The third kappa shape index (κ3) is 5.34. The maximum atomic E-state index is 9.65. The third-order valence-electron chi connectivity index (χ3n) is 6.16. The third-order valence-corrected chi connectivity index (χ3v) is 6.16. The first-order valence-corrected chi connectivity index (χ1v) is 11.0. The molecule has 0 spiro atoms. The topological polar surface area (TPSA) is 53.8 Å². The number of aryl methyl sites for hydroxylation is 1. The second-order valence-corrected chi connectivity index (χ2v) is 8.28. The maximum absolute atomic E-state index is 9.65. The number of piperazine rings is 1. The molecule has 6 heteroatoms. The van der Waals surface area contributed by atoms with Gasteiger partial charge in [0.15, 0.2) is 0 Å². The highest BCUT2D eigenvalue weighted by atomic mass is 16.5. The normalized spacial score (nSPS) is 17.7. The van der Waals surface area contributed by atoms with Gasteiger partial charge in [-0.15, -0.1) is 0 Å².